The van der Waals surface area contributed by atoms with Crippen LogP contribution in [0.2, 0.25) is 0 Å². The van der Waals surface area contributed by atoms with Crippen molar-refractivity contribution in [3.63, 3.8) is 0 Å². The zero-order valence-corrected chi connectivity index (χ0v) is 12.2. The van der Waals surface area contributed by atoms with Gasteiger partial charge in [0.1, 0.15) is 5.82 Å². The van der Waals surface area contributed by atoms with E-state index in [1.807, 2.05) is 13.2 Å². The molecule has 1 N–H and O–H groups in total. The van der Waals surface area contributed by atoms with Gasteiger partial charge in [-0.15, -0.1) is 0 Å². The van der Waals surface area contributed by atoms with Crippen LogP contribution in [0.4, 0.5) is 5.82 Å². The van der Waals surface area contributed by atoms with Gasteiger partial charge in [-0.05, 0) is 50.4 Å². The summed E-state index contributed by atoms with van der Waals surface area (Å²) < 4.78 is 5.24. The van der Waals surface area contributed by atoms with E-state index in [4.69, 9.17) is 4.74 Å². The molecule has 0 spiro atoms. The summed E-state index contributed by atoms with van der Waals surface area (Å²) in [5, 5.41) is 3.19. The highest BCUT2D eigenvalue weighted by atomic mass is 16.5. The minimum absolute atomic E-state index is 0.549. The Bertz CT molecular complexity index is 393. The Kier molecular flexibility index (Phi) is 5.16. The zero-order chi connectivity index (χ0) is 13.7. The highest BCUT2D eigenvalue weighted by Crippen LogP contribution is 2.36. The molecule has 1 atom stereocenters. The van der Waals surface area contributed by atoms with Crippen molar-refractivity contribution in [2.75, 3.05) is 32.2 Å². The lowest BCUT2D eigenvalue weighted by Gasteiger charge is -2.30. The second kappa shape index (κ2) is 6.87. The third-order valence-electron chi connectivity index (χ3n) is 3.82. The summed E-state index contributed by atoms with van der Waals surface area (Å²) in [5.74, 6) is 1.90. The van der Waals surface area contributed by atoms with Crippen molar-refractivity contribution in [2.24, 2.45) is 5.92 Å². The molecule has 2 rings (SSSR count). The summed E-state index contributed by atoms with van der Waals surface area (Å²) in [7, 11) is 3.72. The predicted molar refractivity (Wildman–Crippen MR) is 78.4 cm³/mol. The molecule has 0 aliphatic heterocycles. The number of anilines is 1. The van der Waals surface area contributed by atoms with Crippen molar-refractivity contribution < 1.29 is 4.74 Å². The van der Waals surface area contributed by atoms with Gasteiger partial charge in [-0.3, -0.25) is 0 Å². The quantitative estimate of drug-likeness (QED) is 0.779. The van der Waals surface area contributed by atoms with Crippen LogP contribution in [0.1, 0.15) is 25.3 Å². The Morgan fingerprint density at radius 1 is 1.53 bits per heavy atom. The van der Waals surface area contributed by atoms with E-state index in [-0.39, 0.29) is 0 Å². The van der Waals surface area contributed by atoms with Crippen LogP contribution in [0.3, 0.4) is 0 Å². The lowest BCUT2D eigenvalue weighted by molar-refractivity contribution is 0.202. The Labute approximate surface area is 116 Å². The lowest BCUT2D eigenvalue weighted by Crippen LogP contribution is -2.38. The van der Waals surface area contributed by atoms with Gasteiger partial charge in [0.2, 0.25) is 0 Å². The molecular weight excluding hydrogens is 238 g/mol. The summed E-state index contributed by atoms with van der Waals surface area (Å²) >= 11 is 0. The Morgan fingerprint density at radius 2 is 2.32 bits per heavy atom. The molecule has 4 heteroatoms. The highest BCUT2D eigenvalue weighted by Gasteiger charge is 2.32. The van der Waals surface area contributed by atoms with Gasteiger partial charge in [0.05, 0.1) is 6.61 Å². The molecular formula is C15H25N3O. The van der Waals surface area contributed by atoms with Gasteiger partial charge < -0.3 is 15.0 Å². The number of pyridine rings is 1. The molecule has 1 saturated carbocycles. The van der Waals surface area contributed by atoms with Crippen molar-refractivity contribution in [3.05, 3.63) is 23.9 Å². The summed E-state index contributed by atoms with van der Waals surface area (Å²) in [4.78, 5) is 6.94. The number of nitrogens with zero attached hydrogens (tertiary/aromatic N) is 2. The van der Waals surface area contributed by atoms with Gasteiger partial charge in [-0.1, -0.05) is 0 Å². The first kappa shape index (κ1) is 14.3. The van der Waals surface area contributed by atoms with Crippen molar-refractivity contribution in [3.8, 4) is 0 Å². The van der Waals surface area contributed by atoms with E-state index < -0.39 is 0 Å². The molecule has 1 aromatic rings. The second-order valence-corrected chi connectivity index (χ2v) is 5.32. The van der Waals surface area contributed by atoms with Gasteiger partial charge >= 0.3 is 0 Å². The Balaban J connectivity index is 2.13. The van der Waals surface area contributed by atoms with Crippen LogP contribution in [0.25, 0.3) is 0 Å². The first-order valence-corrected chi connectivity index (χ1v) is 7.11. The molecule has 106 valence electrons. The van der Waals surface area contributed by atoms with Crippen LogP contribution in [0, 0.1) is 5.92 Å². The van der Waals surface area contributed by atoms with Crippen LogP contribution in [0.5, 0.6) is 0 Å². The molecule has 1 unspecified atom stereocenters. The Morgan fingerprint density at radius 3 is 2.95 bits per heavy atom. The summed E-state index contributed by atoms with van der Waals surface area (Å²) in [5.41, 5.74) is 1.28. The van der Waals surface area contributed by atoms with Gasteiger partial charge in [0, 0.05) is 32.4 Å². The number of aromatic nitrogens is 1. The zero-order valence-electron chi connectivity index (χ0n) is 12.2. The molecule has 1 fully saturated rings. The molecule has 0 bridgehead atoms. The molecule has 4 nitrogen and oxygen atoms in total. The minimum atomic E-state index is 0.549. The van der Waals surface area contributed by atoms with E-state index in [0.717, 1.165) is 31.4 Å². The van der Waals surface area contributed by atoms with Crippen LogP contribution >= 0.6 is 0 Å². The van der Waals surface area contributed by atoms with Crippen molar-refractivity contribution >= 4 is 5.82 Å². The summed E-state index contributed by atoms with van der Waals surface area (Å²) in [6.45, 7) is 4.84. The molecule has 0 aromatic carbocycles. The minimum Gasteiger partial charge on any atom is -0.383 e. The maximum Gasteiger partial charge on any atom is 0.129 e. The van der Waals surface area contributed by atoms with E-state index in [1.165, 1.54) is 18.4 Å². The smallest absolute Gasteiger partial charge is 0.129 e. The van der Waals surface area contributed by atoms with E-state index in [1.54, 1.807) is 7.11 Å². The topological polar surface area (TPSA) is 37.4 Å². The average molecular weight is 263 g/mol. The molecule has 19 heavy (non-hydrogen) atoms. The fourth-order valence-corrected chi connectivity index (χ4v) is 2.48. The fourth-order valence-electron chi connectivity index (χ4n) is 2.48. The third-order valence-corrected chi connectivity index (χ3v) is 3.82. The maximum absolute atomic E-state index is 5.24. The second-order valence-electron chi connectivity index (χ2n) is 5.32. The Hall–Kier alpha value is -1.13. The van der Waals surface area contributed by atoms with Crippen LogP contribution in [0.15, 0.2) is 18.3 Å². The molecule has 1 heterocycles. The average Bonchev–Trinajstić information content (AvgIpc) is 3.24. The molecule has 1 aliphatic carbocycles. The molecule has 0 radical (unpaired) electrons. The van der Waals surface area contributed by atoms with Crippen LogP contribution in [-0.4, -0.2) is 38.3 Å². The monoisotopic (exact) mass is 263 g/mol. The number of methoxy groups -OCH3 is 1. The van der Waals surface area contributed by atoms with E-state index in [9.17, 15) is 0 Å². The lowest BCUT2D eigenvalue weighted by atomic mass is 10.1. The molecule has 1 aromatic heterocycles. The van der Waals surface area contributed by atoms with E-state index in [0.29, 0.717) is 6.04 Å². The SMILES string of the molecule is CNCc1ccnc(N(CCOC)C(C)C2CC2)c1. The van der Waals surface area contributed by atoms with Crippen molar-refractivity contribution in [2.45, 2.75) is 32.4 Å². The van der Waals surface area contributed by atoms with Crippen molar-refractivity contribution in [1.82, 2.24) is 10.3 Å². The normalized spacial score (nSPS) is 16.4. The predicted octanol–water partition coefficient (Wildman–Crippen LogP) is 2.05. The number of rotatable bonds is 8. The first-order chi connectivity index (χ1) is 9.26. The standard InChI is InChI=1S/C15H25N3O/c1-12(14-4-5-14)18(8-9-19-3)15-10-13(11-16-2)6-7-17-15/h6-7,10,12,14,16H,4-5,8-9,11H2,1-3H3. The van der Waals surface area contributed by atoms with Gasteiger partial charge in [0.25, 0.3) is 0 Å². The summed E-state index contributed by atoms with van der Waals surface area (Å²) in [6, 6.07) is 4.80. The number of nitrogens with one attached hydrogen (secondary N) is 1. The number of hydrogen-bond donors (Lipinski definition) is 1. The number of hydrogen-bond acceptors (Lipinski definition) is 4. The van der Waals surface area contributed by atoms with Crippen molar-refractivity contribution in [1.29, 1.82) is 0 Å². The van der Waals surface area contributed by atoms with Crippen LogP contribution in [-0.2, 0) is 11.3 Å². The first-order valence-electron chi connectivity index (χ1n) is 7.11. The fraction of sp³-hybridized carbons (Fsp3) is 0.667. The summed E-state index contributed by atoms with van der Waals surface area (Å²) in [6.07, 6.45) is 4.60. The highest BCUT2D eigenvalue weighted by molar-refractivity contribution is 5.42. The van der Waals surface area contributed by atoms with E-state index >= 15 is 0 Å². The largest absolute Gasteiger partial charge is 0.383 e. The number of ether oxygens (including phenoxy) is 1. The van der Waals surface area contributed by atoms with Crippen LogP contribution < -0.4 is 10.2 Å². The van der Waals surface area contributed by atoms with Gasteiger partial charge in [-0.2, -0.15) is 0 Å². The maximum atomic E-state index is 5.24. The molecule has 0 amide bonds. The van der Waals surface area contributed by atoms with Gasteiger partial charge in [-0.25, -0.2) is 4.98 Å². The molecule has 0 saturated heterocycles. The van der Waals surface area contributed by atoms with Gasteiger partial charge in [0.15, 0.2) is 0 Å². The third kappa shape index (κ3) is 3.91. The van der Waals surface area contributed by atoms with E-state index in [2.05, 4.69) is 34.3 Å². The molecule has 1 aliphatic rings.